The molecule has 1 heterocycles. The van der Waals surface area contributed by atoms with Crippen molar-refractivity contribution in [1.82, 2.24) is 20.0 Å². The monoisotopic (exact) mass is 1020 g/mol. The molecule has 0 spiro atoms. The lowest BCUT2D eigenvalue weighted by atomic mass is 10.1. The van der Waals surface area contributed by atoms with Crippen molar-refractivity contribution >= 4 is 17.9 Å². The molecule has 0 amide bonds. The zero-order chi connectivity index (χ0) is 51.9. The van der Waals surface area contributed by atoms with E-state index in [2.05, 4.69) is 40.8 Å². The van der Waals surface area contributed by atoms with Crippen molar-refractivity contribution in [2.24, 2.45) is 0 Å². The molecule has 0 bridgehead atoms. The van der Waals surface area contributed by atoms with Gasteiger partial charge in [-0.1, -0.05) is 239 Å². The Hall–Kier alpha value is -1.75. The van der Waals surface area contributed by atoms with Crippen molar-refractivity contribution in [2.75, 3.05) is 91.8 Å². The predicted octanol–water partition coefficient (Wildman–Crippen LogP) is 15.6. The van der Waals surface area contributed by atoms with Gasteiger partial charge in [-0.2, -0.15) is 0 Å². The highest BCUT2D eigenvalue weighted by molar-refractivity contribution is 5.70. The molecule has 1 N–H and O–H groups in total. The van der Waals surface area contributed by atoms with Crippen LogP contribution in [0, 0.1) is 0 Å². The first-order valence-electron chi connectivity index (χ1n) is 31.8. The number of hydrogen-bond acceptors (Lipinski definition) is 10. The van der Waals surface area contributed by atoms with Gasteiger partial charge < -0.3 is 24.4 Å². The van der Waals surface area contributed by atoms with E-state index in [1.165, 1.54) is 199 Å². The van der Waals surface area contributed by atoms with Gasteiger partial charge >= 0.3 is 17.9 Å². The third-order valence-electron chi connectivity index (χ3n) is 15.1. The van der Waals surface area contributed by atoms with E-state index >= 15 is 0 Å². The summed E-state index contributed by atoms with van der Waals surface area (Å²) in [6, 6.07) is 0. The molecule has 0 aromatic carbocycles. The second kappa shape index (κ2) is 55.5. The topological polar surface area (TPSA) is 101 Å². The quantitative estimate of drug-likeness (QED) is 0.0360. The number of carbonyl (C=O) groups excluding carboxylic acids is 3. The van der Waals surface area contributed by atoms with Gasteiger partial charge in [-0.3, -0.25) is 24.2 Å². The van der Waals surface area contributed by atoms with E-state index < -0.39 is 0 Å². The smallest absolute Gasteiger partial charge is 0.307 e. The Morgan fingerprint density at radius 2 is 0.625 bits per heavy atom. The lowest BCUT2D eigenvalue weighted by Crippen LogP contribution is -2.50. The van der Waals surface area contributed by atoms with Crippen LogP contribution in [0.4, 0.5) is 0 Å². The van der Waals surface area contributed by atoms with Crippen LogP contribution in [0.15, 0.2) is 0 Å². The summed E-state index contributed by atoms with van der Waals surface area (Å²) in [5.74, 6) is -0.280. The summed E-state index contributed by atoms with van der Waals surface area (Å²) in [6.45, 7) is 18.6. The highest BCUT2D eigenvalue weighted by atomic mass is 16.5. The molecule has 0 aromatic heterocycles. The van der Waals surface area contributed by atoms with Crippen LogP contribution in [-0.4, -0.2) is 124 Å². The number of rotatable bonds is 57. The molecule has 1 aliphatic rings. The summed E-state index contributed by atoms with van der Waals surface area (Å²) in [7, 11) is 0. The molecule has 1 aliphatic heterocycles. The average Bonchev–Trinajstić information content (AvgIpc) is 3.39. The SMILES string of the molecule is CCCCCCCCCCCCCCOC(=O)CCCCCNCCN1CCN(CCN(CCC(=O)OCCCCCCCCCCCCCC)CCC(=O)OCCCCCCCCCCCCCC)CC1. The lowest BCUT2D eigenvalue weighted by molar-refractivity contribution is -0.145. The normalized spacial score (nSPS) is 13.3. The first kappa shape index (κ1) is 68.3. The first-order chi connectivity index (χ1) is 35.5. The molecule has 10 heteroatoms. The van der Waals surface area contributed by atoms with E-state index in [4.69, 9.17) is 14.2 Å². The van der Waals surface area contributed by atoms with Gasteiger partial charge in [-0.25, -0.2) is 0 Å². The van der Waals surface area contributed by atoms with Crippen LogP contribution in [0.1, 0.15) is 290 Å². The van der Waals surface area contributed by atoms with Crippen molar-refractivity contribution in [2.45, 2.75) is 290 Å². The lowest BCUT2D eigenvalue weighted by Gasteiger charge is -2.35. The van der Waals surface area contributed by atoms with Crippen molar-refractivity contribution < 1.29 is 28.6 Å². The summed E-state index contributed by atoms with van der Waals surface area (Å²) < 4.78 is 16.8. The van der Waals surface area contributed by atoms with Crippen LogP contribution in [0.2, 0.25) is 0 Å². The van der Waals surface area contributed by atoms with Crippen LogP contribution in [-0.2, 0) is 28.6 Å². The summed E-state index contributed by atoms with van der Waals surface area (Å²) >= 11 is 0. The molecule has 426 valence electrons. The Bertz CT molecular complexity index is 1110. The van der Waals surface area contributed by atoms with Gasteiger partial charge in [0.05, 0.1) is 32.7 Å². The zero-order valence-electron chi connectivity index (χ0n) is 48.4. The Morgan fingerprint density at radius 3 is 0.972 bits per heavy atom. The Labute approximate surface area is 447 Å². The van der Waals surface area contributed by atoms with Gasteiger partial charge in [0, 0.05) is 71.9 Å². The summed E-state index contributed by atoms with van der Waals surface area (Å²) in [5, 5.41) is 3.62. The van der Waals surface area contributed by atoms with Crippen LogP contribution >= 0.6 is 0 Å². The molecule has 1 rings (SSSR count). The molecule has 0 saturated carbocycles. The Kier molecular flexibility index (Phi) is 52.6. The second-order valence-electron chi connectivity index (χ2n) is 21.9. The standard InChI is InChI=1S/C62H122N4O6/c1-4-7-10-13-16-19-22-25-28-31-34-40-57-70-60(67)43-38-37-39-46-63-47-50-65-52-55-66(56-53-65)54-51-64(48-44-61(68)71-58-41-35-32-29-26-23-20-17-14-11-8-5-2)49-45-62(69)72-59-42-36-33-30-27-24-21-18-15-12-9-6-3/h63H,4-59H2,1-3H3. The van der Waals surface area contributed by atoms with Crippen LogP contribution < -0.4 is 5.32 Å². The third-order valence-corrected chi connectivity index (χ3v) is 15.1. The van der Waals surface area contributed by atoms with E-state index in [-0.39, 0.29) is 17.9 Å². The number of hydrogen-bond donors (Lipinski definition) is 1. The number of nitrogens with zero attached hydrogens (tertiary/aromatic N) is 3. The van der Waals surface area contributed by atoms with Crippen molar-refractivity contribution in [1.29, 1.82) is 0 Å². The molecular formula is C62H122N4O6. The fourth-order valence-electron chi connectivity index (χ4n) is 10.0. The van der Waals surface area contributed by atoms with Gasteiger partial charge in [0.25, 0.3) is 0 Å². The van der Waals surface area contributed by atoms with Crippen LogP contribution in [0.25, 0.3) is 0 Å². The maximum atomic E-state index is 12.8. The van der Waals surface area contributed by atoms with Gasteiger partial charge in [0.1, 0.15) is 0 Å². The molecular weight excluding hydrogens is 897 g/mol. The molecule has 0 atom stereocenters. The highest BCUT2D eigenvalue weighted by Gasteiger charge is 2.19. The minimum Gasteiger partial charge on any atom is -0.466 e. The Morgan fingerprint density at radius 1 is 0.333 bits per heavy atom. The molecule has 1 saturated heterocycles. The van der Waals surface area contributed by atoms with Gasteiger partial charge in [-0.05, 0) is 38.6 Å². The minimum atomic E-state index is -0.125. The van der Waals surface area contributed by atoms with E-state index in [1.807, 2.05) is 0 Å². The number of carbonyl (C=O) groups is 3. The third kappa shape index (κ3) is 49.1. The number of esters is 3. The van der Waals surface area contributed by atoms with E-state index in [1.54, 1.807) is 0 Å². The van der Waals surface area contributed by atoms with E-state index in [0.717, 1.165) is 110 Å². The van der Waals surface area contributed by atoms with Gasteiger partial charge in [-0.15, -0.1) is 0 Å². The van der Waals surface area contributed by atoms with Gasteiger partial charge in [0.15, 0.2) is 0 Å². The number of piperazine rings is 1. The largest absolute Gasteiger partial charge is 0.466 e. The molecule has 0 unspecified atom stereocenters. The summed E-state index contributed by atoms with van der Waals surface area (Å²) in [5.41, 5.74) is 0. The molecule has 72 heavy (non-hydrogen) atoms. The van der Waals surface area contributed by atoms with E-state index in [0.29, 0.717) is 52.2 Å². The Balaban J connectivity index is 2.23. The zero-order valence-corrected chi connectivity index (χ0v) is 48.4. The van der Waals surface area contributed by atoms with Gasteiger partial charge in [0.2, 0.25) is 0 Å². The minimum absolute atomic E-state index is 0.0295. The van der Waals surface area contributed by atoms with Crippen LogP contribution in [0.5, 0.6) is 0 Å². The highest BCUT2D eigenvalue weighted by Crippen LogP contribution is 2.15. The fraction of sp³-hybridized carbons (Fsp3) is 0.952. The molecule has 10 nitrogen and oxygen atoms in total. The summed E-state index contributed by atoms with van der Waals surface area (Å²) in [6.07, 6.45) is 51.1. The maximum Gasteiger partial charge on any atom is 0.307 e. The molecule has 0 radical (unpaired) electrons. The number of ether oxygens (including phenoxy) is 3. The maximum absolute atomic E-state index is 12.8. The molecule has 1 fully saturated rings. The van der Waals surface area contributed by atoms with Crippen LogP contribution in [0.3, 0.4) is 0 Å². The summed E-state index contributed by atoms with van der Waals surface area (Å²) in [4.78, 5) is 45.1. The number of nitrogens with one attached hydrogen (secondary N) is 1. The first-order valence-corrected chi connectivity index (χ1v) is 31.8. The van der Waals surface area contributed by atoms with Crippen molar-refractivity contribution in [3.05, 3.63) is 0 Å². The predicted molar refractivity (Wildman–Crippen MR) is 306 cm³/mol. The molecule has 0 aromatic rings. The van der Waals surface area contributed by atoms with Crippen molar-refractivity contribution in [3.63, 3.8) is 0 Å². The van der Waals surface area contributed by atoms with Crippen molar-refractivity contribution in [3.8, 4) is 0 Å². The average molecular weight is 1020 g/mol. The molecule has 0 aliphatic carbocycles. The second-order valence-corrected chi connectivity index (χ2v) is 21.9. The van der Waals surface area contributed by atoms with E-state index in [9.17, 15) is 14.4 Å². The number of unbranched alkanes of at least 4 members (excludes halogenated alkanes) is 35. The fourth-order valence-corrected chi connectivity index (χ4v) is 10.0.